The van der Waals surface area contributed by atoms with Crippen LogP contribution in [0.2, 0.25) is 0 Å². The third kappa shape index (κ3) is 5.32. The zero-order valence-electron chi connectivity index (χ0n) is 19.6. The lowest BCUT2D eigenvalue weighted by molar-refractivity contribution is -0.120. The summed E-state index contributed by atoms with van der Waals surface area (Å²) >= 11 is 1.43. The second-order valence-corrected chi connectivity index (χ2v) is 9.87. The van der Waals surface area contributed by atoms with Gasteiger partial charge in [-0.15, -0.1) is 11.3 Å². The van der Waals surface area contributed by atoms with Gasteiger partial charge in [-0.2, -0.15) is 0 Å². The van der Waals surface area contributed by atoms with Crippen molar-refractivity contribution in [3.8, 4) is 0 Å². The zero-order chi connectivity index (χ0) is 24.1. The Morgan fingerprint density at radius 2 is 2.12 bits per heavy atom. The smallest absolute Gasteiger partial charge is 0.341 e. The van der Waals surface area contributed by atoms with Crippen molar-refractivity contribution in [3.63, 3.8) is 0 Å². The van der Waals surface area contributed by atoms with Gasteiger partial charge in [0.25, 0.3) is 5.91 Å². The van der Waals surface area contributed by atoms with Crippen molar-refractivity contribution in [1.82, 2.24) is 4.98 Å². The molecule has 9 nitrogen and oxygen atoms in total. The molecule has 4 rings (SSSR count). The van der Waals surface area contributed by atoms with Crippen molar-refractivity contribution in [2.45, 2.75) is 45.4 Å². The van der Waals surface area contributed by atoms with Crippen LogP contribution in [0, 0.1) is 5.92 Å². The number of carbonyl (C=O) groups excluding carboxylic acids is 2. The van der Waals surface area contributed by atoms with Crippen LogP contribution >= 0.6 is 11.3 Å². The number of piperidine rings is 1. The predicted octanol–water partition coefficient (Wildman–Crippen LogP) is 3.32. The van der Waals surface area contributed by atoms with Crippen LogP contribution in [0.1, 0.15) is 59.0 Å². The topological polar surface area (TPSA) is 119 Å². The fraction of sp³-hybridized carbons (Fsp3) is 0.500. The molecule has 0 aromatic carbocycles. The second kappa shape index (κ2) is 10.9. The average molecular weight is 486 g/mol. The van der Waals surface area contributed by atoms with Crippen LogP contribution in [0.5, 0.6) is 0 Å². The molecule has 1 aliphatic carbocycles. The first kappa shape index (κ1) is 24.0. The molecular weight excluding hydrogens is 454 g/mol. The molecule has 3 N–H and O–H groups in total. The van der Waals surface area contributed by atoms with Crippen LogP contribution in [0.25, 0.3) is 0 Å². The number of aromatic nitrogens is 1. The molecule has 1 amide bonds. The Balaban J connectivity index is 1.42. The second-order valence-electron chi connectivity index (χ2n) is 8.77. The number of oxime groups is 1. The quantitative estimate of drug-likeness (QED) is 0.267. The third-order valence-corrected chi connectivity index (χ3v) is 7.40. The lowest BCUT2D eigenvalue weighted by atomic mass is 9.88. The van der Waals surface area contributed by atoms with Crippen LogP contribution in [0.15, 0.2) is 23.5 Å². The summed E-state index contributed by atoms with van der Waals surface area (Å²) in [4.78, 5) is 38.0. The number of thiophene rings is 1. The van der Waals surface area contributed by atoms with Gasteiger partial charge in [-0.25, -0.2) is 9.78 Å². The van der Waals surface area contributed by atoms with Crippen LogP contribution in [0.4, 0.5) is 10.8 Å². The van der Waals surface area contributed by atoms with Crippen LogP contribution in [-0.2, 0) is 27.2 Å². The van der Waals surface area contributed by atoms with Crippen molar-refractivity contribution in [1.29, 1.82) is 0 Å². The van der Waals surface area contributed by atoms with Gasteiger partial charge >= 0.3 is 5.97 Å². The first-order valence-corrected chi connectivity index (χ1v) is 12.5. The van der Waals surface area contributed by atoms with Gasteiger partial charge in [0, 0.05) is 24.2 Å². The molecule has 2 aromatic rings. The minimum atomic E-state index is -0.438. The molecule has 1 unspecified atom stereocenters. The molecule has 2 aliphatic rings. The molecule has 0 saturated carbocycles. The van der Waals surface area contributed by atoms with E-state index in [0.29, 0.717) is 22.0 Å². The van der Waals surface area contributed by atoms with E-state index in [2.05, 4.69) is 27.3 Å². The number of nitrogens with one attached hydrogen (secondary N) is 1. The Morgan fingerprint density at radius 1 is 1.32 bits per heavy atom. The monoisotopic (exact) mass is 485 g/mol. The minimum absolute atomic E-state index is 0.164. The van der Waals surface area contributed by atoms with Gasteiger partial charge in [-0.05, 0) is 62.1 Å². The normalized spacial score (nSPS) is 18.2. The highest BCUT2D eigenvalue weighted by Gasteiger charge is 2.29. The third-order valence-electron chi connectivity index (χ3n) is 6.23. The Bertz CT molecular complexity index is 1080. The van der Waals surface area contributed by atoms with E-state index >= 15 is 0 Å². The number of amidine groups is 1. The Morgan fingerprint density at radius 3 is 2.88 bits per heavy atom. The van der Waals surface area contributed by atoms with Crippen molar-refractivity contribution in [3.05, 3.63) is 39.9 Å². The lowest BCUT2D eigenvalue weighted by Crippen LogP contribution is -2.32. The number of rotatable bonds is 7. The molecule has 10 heteroatoms. The first-order chi connectivity index (χ1) is 16.5. The number of nitrogens with two attached hydrogens (primary N) is 1. The fourth-order valence-corrected chi connectivity index (χ4v) is 5.90. The Hall–Kier alpha value is -3.14. The highest BCUT2D eigenvalue weighted by Crippen LogP contribution is 2.40. The summed E-state index contributed by atoms with van der Waals surface area (Å²) in [5.41, 5.74) is 8.28. The molecule has 0 spiro atoms. The number of esters is 1. The number of anilines is 2. The highest BCUT2D eigenvalue weighted by molar-refractivity contribution is 7.17. The van der Waals surface area contributed by atoms with E-state index in [-0.39, 0.29) is 12.4 Å². The van der Waals surface area contributed by atoms with Gasteiger partial charge in [-0.1, -0.05) is 12.1 Å². The van der Waals surface area contributed by atoms with Crippen molar-refractivity contribution < 1.29 is 19.2 Å². The SMILES string of the molecule is COC(=O)c1c(NC(=O)CO/N=C(/N)c2cccnc2N2CCCCC2)sc2c1CCC(C)C2. The minimum Gasteiger partial charge on any atom is -0.465 e. The highest BCUT2D eigenvalue weighted by atomic mass is 32.1. The van der Waals surface area contributed by atoms with E-state index in [1.165, 1.54) is 24.9 Å². The summed E-state index contributed by atoms with van der Waals surface area (Å²) in [5.74, 6) is 0.626. The molecule has 34 heavy (non-hydrogen) atoms. The lowest BCUT2D eigenvalue weighted by Gasteiger charge is -2.29. The number of hydrogen-bond donors (Lipinski definition) is 2. The maximum Gasteiger partial charge on any atom is 0.341 e. The number of pyridine rings is 1. The van der Waals surface area contributed by atoms with E-state index < -0.39 is 11.9 Å². The number of amides is 1. The van der Waals surface area contributed by atoms with Gasteiger partial charge in [0.2, 0.25) is 0 Å². The molecule has 2 aromatic heterocycles. The van der Waals surface area contributed by atoms with Crippen LogP contribution in [0.3, 0.4) is 0 Å². The predicted molar refractivity (Wildman–Crippen MR) is 132 cm³/mol. The maximum absolute atomic E-state index is 12.6. The molecule has 3 heterocycles. The molecule has 1 atom stereocenters. The van der Waals surface area contributed by atoms with Crippen LogP contribution in [-0.4, -0.2) is 49.5 Å². The summed E-state index contributed by atoms with van der Waals surface area (Å²) in [7, 11) is 1.35. The molecular formula is C24H31N5O4S. The van der Waals surface area contributed by atoms with Gasteiger partial charge in [0.15, 0.2) is 12.4 Å². The molecule has 0 bridgehead atoms. The van der Waals surface area contributed by atoms with Gasteiger partial charge in [0.1, 0.15) is 10.8 Å². The van der Waals surface area contributed by atoms with E-state index in [1.54, 1.807) is 12.3 Å². The Labute approximate surface area is 203 Å². The van der Waals surface area contributed by atoms with Crippen LogP contribution < -0.4 is 16.0 Å². The first-order valence-electron chi connectivity index (χ1n) is 11.7. The number of nitrogens with zero attached hydrogens (tertiary/aromatic N) is 3. The number of fused-ring (bicyclic) bond motifs is 1. The summed E-state index contributed by atoms with van der Waals surface area (Å²) in [6.07, 6.45) is 7.87. The molecule has 0 radical (unpaired) electrons. The number of ether oxygens (including phenoxy) is 1. The van der Waals surface area contributed by atoms with Crippen molar-refractivity contribution >= 4 is 39.9 Å². The fourth-order valence-electron chi connectivity index (χ4n) is 4.48. The van der Waals surface area contributed by atoms with Gasteiger partial charge < -0.3 is 25.5 Å². The number of hydrogen-bond acceptors (Lipinski definition) is 8. The van der Waals surface area contributed by atoms with E-state index in [1.807, 2.05) is 6.07 Å². The van der Waals surface area contributed by atoms with Crippen molar-refractivity contribution in [2.24, 2.45) is 16.8 Å². The number of methoxy groups -OCH3 is 1. The molecule has 182 valence electrons. The molecule has 1 fully saturated rings. The molecule has 1 saturated heterocycles. The summed E-state index contributed by atoms with van der Waals surface area (Å²) < 4.78 is 4.97. The summed E-state index contributed by atoms with van der Waals surface area (Å²) in [6.45, 7) is 3.70. The molecule has 1 aliphatic heterocycles. The number of carbonyl (C=O) groups is 2. The van der Waals surface area contributed by atoms with Gasteiger partial charge in [0.05, 0.1) is 18.2 Å². The van der Waals surface area contributed by atoms with E-state index in [4.69, 9.17) is 15.3 Å². The summed E-state index contributed by atoms with van der Waals surface area (Å²) in [6, 6.07) is 3.64. The Kier molecular flexibility index (Phi) is 7.66. The largest absolute Gasteiger partial charge is 0.465 e. The van der Waals surface area contributed by atoms with E-state index in [9.17, 15) is 9.59 Å². The van der Waals surface area contributed by atoms with E-state index in [0.717, 1.165) is 61.5 Å². The average Bonchev–Trinajstić information content (AvgIpc) is 3.20. The standard InChI is InChI=1S/C24H31N5O4S/c1-15-8-9-16-18(13-15)34-23(20(16)24(31)32-2)27-19(30)14-33-28-21(25)17-7-6-10-26-22(17)29-11-4-3-5-12-29/h6-7,10,15H,3-5,8-9,11-14H2,1-2H3,(H2,25,28)(H,27,30). The van der Waals surface area contributed by atoms with Gasteiger partial charge in [-0.3, -0.25) is 4.79 Å². The van der Waals surface area contributed by atoms with Crippen molar-refractivity contribution in [2.75, 3.05) is 37.0 Å². The zero-order valence-corrected chi connectivity index (χ0v) is 20.5. The summed E-state index contributed by atoms with van der Waals surface area (Å²) in [5, 5.41) is 7.25. The maximum atomic E-state index is 12.6.